The molecular formula is C21H21N3O2. The number of para-hydroxylation sites is 1. The Kier molecular flexibility index (Phi) is 4.39. The van der Waals surface area contributed by atoms with Crippen LogP contribution in [0.1, 0.15) is 24.2 Å². The molecule has 5 heteroatoms. The number of carbonyl (C=O) groups is 1. The van der Waals surface area contributed by atoms with Gasteiger partial charge in [-0.25, -0.2) is 4.98 Å². The average molecular weight is 347 g/mol. The SMILES string of the molecule is CC1CN(c2cnc(-c3ccc4ccccc4n3)cc2C=O)CC(C)O1. The molecule has 0 spiro atoms. The number of morpholine rings is 1. The lowest BCUT2D eigenvalue weighted by Crippen LogP contribution is -2.45. The summed E-state index contributed by atoms with van der Waals surface area (Å²) in [5.74, 6) is 0. The minimum absolute atomic E-state index is 0.125. The number of pyridine rings is 2. The van der Waals surface area contributed by atoms with E-state index in [0.29, 0.717) is 11.3 Å². The van der Waals surface area contributed by atoms with E-state index in [1.54, 1.807) is 6.20 Å². The zero-order valence-corrected chi connectivity index (χ0v) is 14.9. The number of ether oxygens (including phenoxy) is 1. The smallest absolute Gasteiger partial charge is 0.152 e. The van der Waals surface area contributed by atoms with Crippen LogP contribution in [0.25, 0.3) is 22.3 Å². The molecule has 26 heavy (non-hydrogen) atoms. The summed E-state index contributed by atoms with van der Waals surface area (Å²) in [5.41, 5.74) is 3.87. The Labute approximate surface area is 152 Å². The van der Waals surface area contributed by atoms with E-state index in [1.807, 2.05) is 56.3 Å². The number of benzene rings is 1. The molecule has 1 fully saturated rings. The number of aldehydes is 1. The van der Waals surface area contributed by atoms with E-state index in [0.717, 1.165) is 41.7 Å². The first-order chi connectivity index (χ1) is 12.6. The first-order valence-electron chi connectivity index (χ1n) is 8.86. The highest BCUT2D eigenvalue weighted by atomic mass is 16.5. The van der Waals surface area contributed by atoms with Gasteiger partial charge < -0.3 is 9.64 Å². The standard InChI is InChI=1S/C21H21N3O2/c1-14-11-24(12-15(2)26-14)21-10-22-20(9-17(21)13-25)19-8-7-16-5-3-4-6-18(16)23-19/h3-10,13-15H,11-12H2,1-2H3. The Morgan fingerprint density at radius 1 is 1.08 bits per heavy atom. The molecule has 3 heterocycles. The minimum Gasteiger partial charge on any atom is -0.372 e. The van der Waals surface area contributed by atoms with Crippen molar-refractivity contribution in [2.75, 3.05) is 18.0 Å². The number of fused-ring (bicyclic) bond motifs is 1. The summed E-state index contributed by atoms with van der Waals surface area (Å²) >= 11 is 0. The van der Waals surface area contributed by atoms with E-state index < -0.39 is 0 Å². The van der Waals surface area contributed by atoms with Crippen molar-refractivity contribution < 1.29 is 9.53 Å². The van der Waals surface area contributed by atoms with E-state index in [2.05, 4.69) is 14.9 Å². The monoisotopic (exact) mass is 347 g/mol. The van der Waals surface area contributed by atoms with E-state index >= 15 is 0 Å². The number of anilines is 1. The zero-order chi connectivity index (χ0) is 18.1. The molecule has 4 rings (SSSR count). The maximum atomic E-state index is 11.7. The summed E-state index contributed by atoms with van der Waals surface area (Å²) in [4.78, 5) is 23.2. The molecular weight excluding hydrogens is 326 g/mol. The highest BCUT2D eigenvalue weighted by Gasteiger charge is 2.24. The molecule has 0 aliphatic carbocycles. The van der Waals surface area contributed by atoms with Crippen LogP contribution in [0.15, 0.2) is 48.7 Å². The van der Waals surface area contributed by atoms with Crippen molar-refractivity contribution in [1.29, 1.82) is 0 Å². The molecule has 0 N–H and O–H groups in total. The van der Waals surface area contributed by atoms with Crippen molar-refractivity contribution >= 4 is 22.9 Å². The quantitative estimate of drug-likeness (QED) is 0.676. The van der Waals surface area contributed by atoms with Gasteiger partial charge in [0.1, 0.15) is 0 Å². The van der Waals surface area contributed by atoms with Crippen molar-refractivity contribution in [3.63, 3.8) is 0 Å². The van der Waals surface area contributed by atoms with Crippen LogP contribution in [0.3, 0.4) is 0 Å². The molecule has 0 bridgehead atoms. The molecule has 0 amide bonds. The van der Waals surface area contributed by atoms with Gasteiger partial charge in [-0.2, -0.15) is 0 Å². The lowest BCUT2D eigenvalue weighted by molar-refractivity contribution is -0.00527. The minimum atomic E-state index is 0.125. The van der Waals surface area contributed by atoms with E-state index in [1.165, 1.54) is 0 Å². The molecule has 1 aliphatic heterocycles. The summed E-state index contributed by atoms with van der Waals surface area (Å²) in [6, 6.07) is 13.8. The maximum Gasteiger partial charge on any atom is 0.152 e. The van der Waals surface area contributed by atoms with E-state index in [4.69, 9.17) is 4.74 Å². The van der Waals surface area contributed by atoms with Crippen molar-refractivity contribution in [1.82, 2.24) is 9.97 Å². The Hall–Kier alpha value is -2.79. The molecule has 0 radical (unpaired) electrons. The number of hydrogen-bond acceptors (Lipinski definition) is 5. The lowest BCUT2D eigenvalue weighted by Gasteiger charge is -2.37. The Morgan fingerprint density at radius 2 is 1.85 bits per heavy atom. The van der Waals surface area contributed by atoms with Crippen molar-refractivity contribution in [3.05, 3.63) is 54.2 Å². The summed E-state index contributed by atoms with van der Waals surface area (Å²) in [5, 5.41) is 1.08. The average Bonchev–Trinajstić information content (AvgIpc) is 2.66. The third kappa shape index (κ3) is 3.18. The lowest BCUT2D eigenvalue weighted by atomic mass is 10.1. The molecule has 0 saturated carbocycles. The van der Waals surface area contributed by atoms with Gasteiger partial charge >= 0.3 is 0 Å². The van der Waals surface area contributed by atoms with Gasteiger partial charge in [0.15, 0.2) is 6.29 Å². The summed E-state index contributed by atoms with van der Waals surface area (Å²) in [7, 11) is 0. The second kappa shape index (κ2) is 6.84. The van der Waals surface area contributed by atoms with Crippen molar-refractivity contribution in [2.24, 2.45) is 0 Å². The van der Waals surface area contributed by atoms with Gasteiger partial charge in [-0.1, -0.05) is 24.3 Å². The largest absolute Gasteiger partial charge is 0.372 e. The topological polar surface area (TPSA) is 55.3 Å². The van der Waals surface area contributed by atoms with Crippen LogP contribution < -0.4 is 4.90 Å². The molecule has 3 aromatic rings. The van der Waals surface area contributed by atoms with Gasteiger partial charge in [0.25, 0.3) is 0 Å². The molecule has 1 aromatic carbocycles. The number of hydrogen-bond donors (Lipinski definition) is 0. The van der Waals surface area contributed by atoms with Crippen LogP contribution in [-0.4, -0.2) is 41.6 Å². The molecule has 1 aliphatic rings. The predicted octanol–water partition coefficient (Wildman–Crippen LogP) is 3.72. The van der Waals surface area contributed by atoms with Crippen LogP contribution >= 0.6 is 0 Å². The number of rotatable bonds is 3. The highest BCUT2D eigenvalue weighted by Crippen LogP contribution is 2.27. The molecule has 2 aromatic heterocycles. The summed E-state index contributed by atoms with van der Waals surface area (Å²) < 4.78 is 5.78. The van der Waals surface area contributed by atoms with Crippen molar-refractivity contribution in [3.8, 4) is 11.4 Å². The normalized spacial score (nSPS) is 20.3. The second-order valence-corrected chi connectivity index (χ2v) is 6.80. The van der Waals surface area contributed by atoms with Gasteiger partial charge in [-0.15, -0.1) is 0 Å². The Bertz CT molecular complexity index is 947. The van der Waals surface area contributed by atoms with Crippen molar-refractivity contribution in [2.45, 2.75) is 26.1 Å². The van der Waals surface area contributed by atoms with Crippen LogP contribution in [0, 0.1) is 0 Å². The van der Waals surface area contributed by atoms with E-state index in [9.17, 15) is 4.79 Å². The third-order valence-corrected chi connectivity index (χ3v) is 4.66. The number of nitrogens with zero attached hydrogens (tertiary/aromatic N) is 3. The third-order valence-electron chi connectivity index (χ3n) is 4.66. The highest BCUT2D eigenvalue weighted by molar-refractivity contribution is 5.87. The Morgan fingerprint density at radius 3 is 2.62 bits per heavy atom. The van der Waals surface area contributed by atoms with Gasteiger partial charge in [0, 0.05) is 24.0 Å². The number of aromatic nitrogens is 2. The van der Waals surface area contributed by atoms with Gasteiger partial charge in [0.2, 0.25) is 0 Å². The van der Waals surface area contributed by atoms with Crippen LogP contribution in [0.4, 0.5) is 5.69 Å². The fraction of sp³-hybridized carbons (Fsp3) is 0.286. The first kappa shape index (κ1) is 16.7. The van der Waals surface area contributed by atoms with Crippen LogP contribution in [0.2, 0.25) is 0 Å². The first-order valence-corrected chi connectivity index (χ1v) is 8.86. The van der Waals surface area contributed by atoms with Gasteiger partial charge in [-0.05, 0) is 32.0 Å². The Balaban J connectivity index is 1.71. The molecule has 2 unspecified atom stereocenters. The van der Waals surface area contributed by atoms with Crippen LogP contribution in [0.5, 0.6) is 0 Å². The summed E-state index contributed by atoms with van der Waals surface area (Å²) in [6.45, 7) is 5.59. The fourth-order valence-electron chi connectivity index (χ4n) is 3.55. The zero-order valence-electron chi connectivity index (χ0n) is 14.9. The molecule has 5 nitrogen and oxygen atoms in total. The molecule has 1 saturated heterocycles. The maximum absolute atomic E-state index is 11.7. The van der Waals surface area contributed by atoms with Crippen LogP contribution in [-0.2, 0) is 4.74 Å². The summed E-state index contributed by atoms with van der Waals surface area (Å²) in [6.07, 6.45) is 2.92. The number of carbonyl (C=O) groups excluding carboxylic acids is 1. The molecule has 132 valence electrons. The van der Waals surface area contributed by atoms with E-state index in [-0.39, 0.29) is 12.2 Å². The molecule has 2 atom stereocenters. The van der Waals surface area contributed by atoms with Gasteiger partial charge in [0.05, 0.1) is 41.0 Å². The second-order valence-electron chi connectivity index (χ2n) is 6.80. The van der Waals surface area contributed by atoms with Gasteiger partial charge in [-0.3, -0.25) is 9.78 Å². The predicted molar refractivity (Wildman–Crippen MR) is 103 cm³/mol. The fourth-order valence-corrected chi connectivity index (χ4v) is 3.55.